The summed E-state index contributed by atoms with van der Waals surface area (Å²) in [6.07, 6.45) is 9.09. The molecular formula is C15H21N5O. The van der Waals surface area contributed by atoms with Gasteiger partial charge in [0.25, 0.3) is 0 Å². The van der Waals surface area contributed by atoms with E-state index in [-0.39, 0.29) is 0 Å². The Morgan fingerprint density at radius 1 is 1.14 bits per heavy atom. The fourth-order valence-corrected chi connectivity index (χ4v) is 2.80. The van der Waals surface area contributed by atoms with E-state index in [0.717, 1.165) is 25.3 Å². The van der Waals surface area contributed by atoms with Crippen LogP contribution in [0.5, 0.6) is 0 Å². The number of hydrogen-bond acceptors (Lipinski definition) is 6. The molecule has 0 amide bonds. The molecule has 1 N–H and O–H groups in total. The number of rotatable bonds is 5. The van der Waals surface area contributed by atoms with Gasteiger partial charge in [0.1, 0.15) is 0 Å². The van der Waals surface area contributed by atoms with Crippen LogP contribution in [-0.2, 0) is 0 Å². The van der Waals surface area contributed by atoms with Crippen LogP contribution >= 0.6 is 0 Å². The van der Waals surface area contributed by atoms with Gasteiger partial charge >= 0.3 is 0 Å². The van der Waals surface area contributed by atoms with Crippen molar-refractivity contribution in [2.45, 2.75) is 51.0 Å². The van der Waals surface area contributed by atoms with Crippen LogP contribution in [0.3, 0.4) is 0 Å². The minimum atomic E-state index is 0.370. The van der Waals surface area contributed by atoms with Gasteiger partial charge in [-0.25, -0.2) is 9.97 Å². The van der Waals surface area contributed by atoms with Crippen molar-refractivity contribution in [2.24, 2.45) is 0 Å². The summed E-state index contributed by atoms with van der Waals surface area (Å²) in [5.74, 6) is 2.10. The van der Waals surface area contributed by atoms with Crippen molar-refractivity contribution < 1.29 is 4.52 Å². The quantitative estimate of drug-likeness (QED) is 0.910. The highest BCUT2D eigenvalue weighted by Gasteiger charge is 2.26. The van der Waals surface area contributed by atoms with Crippen molar-refractivity contribution in [2.75, 3.05) is 6.54 Å². The van der Waals surface area contributed by atoms with Crippen LogP contribution in [-0.4, -0.2) is 32.7 Å². The van der Waals surface area contributed by atoms with Gasteiger partial charge in [-0.15, -0.1) is 0 Å². The second kappa shape index (κ2) is 6.76. The van der Waals surface area contributed by atoms with E-state index >= 15 is 0 Å². The fourth-order valence-electron chi connectivity index (χ4n) is 2.80. The Kier molecular flexibility index (Phi) is 4.55. The summed E-state index contributed by atoms with van der Waals surface area (Å²) in [5, 5.41) is 7.59. The third-order valence-electron chi connectivity index (χ3n) is 3.97. The molecular weight excluding hydrogens is 266 g/mol. The average Bonchev–Trinajstić information content (AvgIpc) is 3.04. The van der Waals surface area contributed by atoms with Crippen molar-refractivity contribution >= 4 is 0 Å². The predicted octanol–water partition coefficient (Wildman–Crippen LogP) is 2.55. The Morgan fingerprint density at radius 2 is 1.90 bits per heavy atom. The first kappa shape index (κ1) is 14.1. The van der Waals surface area contributed by atoms with E-state index in [4.69, 9.17) is 4.52 Å². The summed E-state index contributed by atoms with van der Waals surface area (Å²) in [7, 11) is 0. The monoisotopic (exact) mass is 287 g/mol. The Balaban J connectivity index is 1.60. The molecule has 1 saturated carbocycles. The first-order valence-corrected chi connectivity index (χ1v) is 7.71. The fraction of sp³-hybridized carbons (Fsp3) is 0.600. The lowest BCUT2D eigenvalue weighted by atomic mass is 9.86. The Hall–Kier alpha value is -1.82. The zero-order valence-electron chi connectivity index (χ0n) is 12.3. The Bertz CT molecular complexity index is 548. The van der Waals surface area contributed by atoms with Gasteiger partial charge in [0.05, 0.1) is 0 Å². The van der Waals surface area contributed by atoms with Gasteiger partial charge in [-0.2, -0.15) is 4.98 Å². The summed E-state index contributed by atoms with van der Waals surface area (Å²) < 4.78 is 5.41. The van der Waals surface area contributed by atoms with Crippen LogP contribution in [0.25, 0.3) is 11.6 Å². The van der Waals surface area contributed by atoms with Crippen LogP contribution < -0.4 is 5.32 Å². The standard InChI is InChI=1S/C15H21N5O/c1-2-8-16-12-6-4-11(5-7-12)15-19-14(20-21-15)13-17-9-3-10-18-13/h3,9-12,16H,2,4-8H2,1H3. The van der Waals surface area contributed by atoms with E-state index < -0.39 is 0 Å². The number of aromatic nitrogens is 4. The van der Waals surface area contributed by atoms with E-state index in [9.17, 15) is 0 Å². The van der Waals surface area contributed by atoms with Crippen molar-refractivity contribution in [1.29, 1.82) is 0 Å². The van der Waals surface area contributed by atoms with E-state index in [0.29, 0.717) is 23.6 Å². The number of nitrogens with zero attached hydrogens (tertiary/aromatic N) is 4. The molecule has 0 radical (unpaired) electrons. The molecule has 112 valence electrons. The topological polar surface area (TPSA) is 76.7 Å². The second-order valence-electron chi connectivity index (χ2n) is 5.53. The zero-order chi connectivity index (χ0) is 14.5. The van der Waals surface area contributed by atoms with Crippen LogP contribution in [0.15, 0.2) is 23.0 Å². The SMILES string of the molecule is CCCNC1CCC(c2nc(-c3ncccn3)no2)CC1. The molecule has 6 heteroatoms. The van der Waals surface area contributed by atoms with Crippen LogP contribution in [0.2, 0.25) is 0 Å². The van der Waals surface area contributed by atoms with Gasteiger partial charge in [-0.1, -0.05) is 12.1 Å². The molecule has 21 heavy (non-hydrogen) atoms. The van der Waals surface area contributed by atoms with Crippen molar-refractivity contribution in [1.82, 2.24) is 25.4 Å². The molecule has 3 rings (SSSR count). The molecule has 0 spiro atoms. The van der Waals surface area contributed by atoms with E-state index in [2.05, 4.69) is 32.3 Å². The number of hydrogen-bond donors (Lipinski definition) is 1. The lowest BCUT2D eigenvalue weighted by Crippen LogP contribution is -2.33. The molecule has 6 nitrogen and oxygen atoms in total. The summed E-state index contributed by atoms with van der Waals surface area (Å²) in [4.78, 5) is 12.8. The predicted molar refractivity (Wildman–Crippen MR) is 78.6 cm³/mol. The summed E-state index contributed by atoms with van der Waals surface area (Å²) >= 11 is 0. The molecule has 0 aromatic carbocycles. The molecule has 1 fully saturated rings. The maximum absolute atomic E-state index is 5.41. The largest absolute Gasteiger partial charge is 0.339 e. The van der Waals surface area contributed by atoms with Gasteiger partial charge in [0.15, 0.2) is 0 Å². The van der Waals surface area contributed by atoms with Crippen LogP contribution in [0.1, 0.15) is 50.8 Å². The Morgan fingerprint density at radius 3 is 2.62 bits per heavy atom. The maximum Gasteiger partial charge on any atom is 0.240 e. The van der Waals surface area contributed by atoms with Gasteiger partial charge in [-0.05, 0) is 44.7 Å². The van der Waals surface area contributed by atoms with Gasteiger partial charge in [-0.3, -0.25) is 0 Å². The van der Waals surface area contributed by atoms with Crippen molar-refractivity contribution in [3.63, 3.8) is 0 Å². The molecule has 2 heterocycles. The molecule has 2 aromatic rings. The highest BCUT2D eigenvalue weighted by molar-refractivity contribution is 5.40. The molecule has 0 bridgehead atoms. The molecule has 0 aliphatic heterocycles. The third kappa shape index (κ3) is 3.44. The summed E-state index contributed by atoms with van der Waals surface area (Å²) in [6.45, 7) is 3.30. The molecule has 0 saturated heterocycles. The molecule has 1 aliphatic rings. The summed E-state index contributed by atoms with van der Waals surface area (Å²) in [5.41, 5.74) is 0. The van der Waals surface area contributed by atoms with E-state index in [1.165, 1.54) is 19.3 Å². The van der Waals surface area contributed by atoms with Gasteiger partial charge in [0.2, 0.25) is 17.5 Å². The van der Waals surface area contributed by atoms with Crippen molar-refractivity contribution in [3.05, 3.63) is 24.4 Å². The second-order valence-corrected chi connectivity index (χ2v) is 5.53. The van der Waals surface area contributed by atoms with E-state index in [1.54, 1.807) is 18.5 Å². The normalized spacial score (nSPS) is 22.3. The lowest BCUT2D eigenvalue weighted by Gasteiger charge is -2.27. The maximum atomic E-state index is 5.41. The van der Waals surface area contributed by atoms with Crippen molar-refractivity contribution in [3.8, 4) is 11.6 Å². The molecule has 0 unspecified atom stereocenters. The van der Waals surface area contributed by atoms with Crippen LogP contribution in [0.4, 0.5) is 0 Å². The third-order valence-corrected chi connectivity index (χ3v) is 3.97. The van der Waals surface area contributed by atoms with Gasteiger partial charge in [0, 0.05) is 24.4 Å². The van der Waals surface area contributed by atoms with Crippen LogP contribution in [0, 0.1) is 0 Å². The first-order valence-electron chi connectivity index (χ1n) is 7.71. The van der Waals surface area contributed by atoms with E-state index in [1.807, 2.05) is 0 Å². The highest BCUT2D eigenvalue weighted by Crippen LogP contribution is 2.32. The average molecular weight is 287 g/mol. The van der Waals surface area contributed by atoms with Gasteiger partial charge < -0.3 is 9.84 Å². The zero-order valence-corrected chi connectivity index (χ0v) is 12.3. The Labute approximate surface area is 124 Å². The number of nitrogens with one attached hydrogen (secondary N) is 1. The summed E-state index contributed by atoms with van der Waals surface area (Å²) in [6, 6.07) is 2.41. The minimum Gasteiger partial charge on any atom is -0.339 e. The lowest BCUT2D eigenvalue weighted by molar-refractivity contribution is 0.283. The molecule has 0 atom stereocenters. The highest BCUT2D eigenvalue weighted by atomic mass is 16.5. The molecule has 1 aliphatic carbocycles. The first-order chi connectivity index (χ1) is 10.4. The molecule has 2 aromatic heterocycles. The smallest absolute Gasteiger partial charge is 0.240 e. The minimum absolute atomic E-state index is 0.370.